The lowest BCUT2D eigenvalue weighted by Crippen LogP contribution is -2.58. The van der Waals surface area contributed by atoms with Crippen LogP contribution in [0.5, 0.6) is 0 Å². The second-order valence-electron chi connectivity index (χ2n) is 12.1. The maximum absolute atomic E-state index is 14.4. The molecule has 39 heavy (non-hydrogen) atoms. The molecule has 1 amide bonds. The highest BCUT2D eigenvalue weighted by Crippen LogP contribution is 2.33. The van der Waals surface area contributed by atoms with Crippen LogP contribution in [0.2, 0.25) is 0 Å². The lowest BCUT2D eigenvalue weighted by atomic mass is 9.85. The molecule has 3 saturated heterocycles. The van der Waals surface area contributed by atoms with E-state index in [0.29, 0.717) is 56.0 Å². The van der Waals surface area contributed by atoms with Crippen LogP contribution in [0.3, 0.4) is 0 Å². The molecule has 3 aliphatic heterocycles. The zero-order valence-electron chi connectivity index (χ0n) is 23.1. The highest BCUT2D eigenvalue weighted by atomic mass is 19.1. The number of halogens is 1. The normalized spacial score (nSPS) is 25.7. The number of carbonyl (C=O) groups excluding carboxylic acids is 1. The first-order valence-corrected chi connectivity index (χ1v) is 15.1. The van der Waals surface area contributed by atoms with Crippen LogP contribution in [0.1, 0.15) is 43.2 Å². The van der Waals surface area contributed by atoms with E-state index in [9.17, 15) is 14.3 Å². The molecule has 2 atom stereocenters. The van der Waals surface area contributed by atoms with Gasteiger partial charge in [0.2, 0.25) is 5.91 Å². The predicted octanol–water partition coefficient (Wildman–Crippen LogP) is 3.57. The van der Waals surface area contributed by atoms with Crippen molar-refractivity contribution < 1.29 is 14.3 Å². The molecule has 2 aromatic carbocycles. The summed E-state index contributed by atoms with van der Waals surface area (Å²) in [6.07, 6.45) is 6.01. The van der Waals surface area contributed by atoms with Gasteiger partial charge in [-0.15, -0.1) is 0 Å². The van der Waals surface area contributed by atoms with Crippen molar-refractivity contribution >= 4 is 11.6 Å². The van der Waals surface area contributed by atoms with Crippen LogP contribution in [0.4, 0.5) is 10.1 Å². The summed E-state index contributed by atoms with van der Waals surface area (Å²) >= 11 is 0. The number of amides is 1. The van der Waals surface area contributed by atoms with E-state index in [0.717, 1.165) is 65.0 Å². The molecule has 2 aromatic rings. The molecule has 0 aromatic heterocycles. The molecule has 0 bridgehead atoms. The third kappa shape index (κ3) is 6.01. The Labute approximate surface area is 232 Å². The Kier molecular flexibility index (Phi) is 8.19. The van der Waals surface area contributed by atoms with Gasteiger partial charge in [0.05, 0.1) is 11.8 Å². The van der Waals surface area contributed by atoms with Gasteiger partial charge in [-0.05, 0) is 74.2 Å². The van der Waals surface area contributed by atoms with Gasteiger partial charge in [0.25, 0.3) is 0 Å². The quantitative estimate of drug-likeness (QED) is 0.614. The maximum atomic E-state index is 14.4. The van der Waals surface area contributed by atoms with E-state index in [1.807, 2.05) is 17.0 Å². The molecular weight excluding hydrogens is 491 g/mol. The van der Waals surface area contributed by atoms with Gasteiger partial charge in [-0.25, -0.2) is 4.39 Å². The van der Waals surface area contributed by atoms with Gasteiger partial charge < -0.3 is 14.9 Å². The number of piperidine rings is 2. The average Bonchev–Trinajstić information content (AvgIpc) is 3.41. The number of benzene rings is 2. The van der Waals surface area contributed by atoms with Crippen molar-refractivity contribution in [1.82, 2.24) is 14.7 Å². The SMILES string of the molecule is O=C(CC[C@@H]1CN(C2Cc3ccccc3C2)CC[C@@H]1N1CCN(c2ccccc2F)CC1)N1CCC(O)CC1. The van der Waals surface area contributed by atoms with E-state index in [4.69, 9.17) is 0 Å². The first-order chi connectivity index (χ1) is 19.0. The number of piperazine rings is 1. The number of hydrogen-bond acceptors (Lipinski definition) is 5. The molecule has 0 saturated carbocycles. The van der Waals surface area contributed by atoms with E-state index < -0.39 is 0 Å². The Bertz CT molecular complexity index is 1100. The molecule has 210 valence electrons. The summed E-state index contributed by atoms with van der Waals surface area (Å²) < 4.78 is 14.4. The van der Waals surface area contributed by atoms with Gasteiger partial charge in [-0.2, -0.15) is 0 Å². The largest absolute Gasteiger partial charge is 0.393 e. The van der Waals surface area contributed by atoms with Crippen LogP contribution >= 0.6 is 0 Å². The minimum Gasteiger partial charge on any atom is -0.393 e. The summed E-state index contributed by atoms with van der Waals surface area (Å²) in [7, 11) is 0. The predicted molar refractivity (Wildman–Crippen MR) is 152 cm³/mol. The molecular formula is C32H43FN4O2. The van der Waals surface area contributed by atoms with Crippen molar-refractivity contribution in [3.63, 3.8) is 0 Å². The zero-order valence-corrected chi connectivity index (χ0v) is 23.1. The Hall–Kier alpha value is -2.48. The molecule has 4 aliphatic rings. The number of carbonyl (C=O) groups is 1. The Morgan fingerprint density at radius 1 is 0.821 bits per heavy atom. The lowest BCUT2D eigenvalue weighted by Gasteiger charge is -2.48. The van der Waals surface area contributed by atoms with Crippen LogP contribution in [-0.2, 0) is 17.6 Å². The summed E-state index contributed by atoms with van der Waals surface area (Å²) in [5.74, 6) is 0.552. The molecule has 0 unspecified atom stereocenters. The summed E-state index contributed by atoms with van der Waals surface area (Å²) in [5.41, 5.74) is 3.70. The van der Waals surface area contributed by atoms with E-state index in [1.165, 1.54) is 11.1 Å². The fourth-order valence-corrected chi connectivity index (χ4v) is 7.52. The van der Waals surface area contributed by atoms with Crippen molar-refractivity contribution in [2.24, 2.45) is 5.92 Å². The van der Waals surface area contributed by atoms with Gasteiger partial charge in [-0.1, -0.05) is 36.4 Å². The van der Waals surface area contributed by atoms with Crippen molar-refractivity contribution in [3.8, 4) is 0 Å². The number of anilines is 1. The third-order valence-electron chi connectivity index (χ3n) is 9.79. The van der Waals surface area contributed by atoms with Crippen molar-refractivity contribution in [2.75, 3.05) is 57.3 Å². The van der Waals surface area contributed by atoms with E-state index in [-0.39, 0.29) is 17.8 Å². The van der Waals surface area contributed by atoms with E-state index >= 15 is 0 Å². The standard InChI is InChI=1S/C32H43FN4O2/c33-29-7-3-4-8-31(29)35-19-17-34(18-20-35)30-13-16-37(27-21-24-5-1-2-6-25(24)22-27)23-26(30)9-10-32(39)36-14-11-28(38)12-15-36/h1-8,26-28,30,38H,9-23H2/t26-,30+/m1/s1. The number of rotatable bonds is 6. The Morgan fingerprint density at radius 3 is 2.18 bits per heavy atom. The minimum atomic E-state index is -0.260. The minimum absolute atomic E-state index is 0.140. The fraction of sp³-hybridized carbons (Fsp3) is 0.594. The second-order valence-corrected chi connectivity index (χ2v) is 12.1. The summed E-state index contributed by atoms with van der Waals surface area (Å²) in [6, 6.07) is 17.0. The molecule has 1 N–H and O–H groups in total. The summed E-state index contributed by atoms with van der Waals surface area (Å²) in [6.45, 7) is 7.04. The number of para-hydroxylation sites is 1. The topological polar surface area (TPSA) is 50.3 Å². The molecule has 0 spiro atoms. The van der Waals surface area contributed by atoms with E-state index in [2.05, 4.69) is 39.0 Å². The molecule has 0 radical (unpaired) electrons. The number of hydrogen-bond donors (Lipinski definition) is 1. The molecule has 3 heterocycles. The molecule has 6 rings (SSSR count). The molecule has 3 fully saturated rings. The van der Waals surface area contributed by atoms with Crippen LogP contribution in [0.15, 0.2) is 48.5 Å². The van der Waals surface area contributed by atoms with Gasteiger partial charge in [0.1, 0.15) is 5.82 Å². The van der Waals surface area contributed by atoms with Gasteiger partial charge in [0, 0.05) is 64.3 Å². The summed E-state index contributed by atoms with van der Waals surface area (Å²) in [4.78, 5) is 22.6. The van der Waals surface area contributed by atoms with Crippen molar-refractivity contribution in [3.05, 3.63) is 65.5 Å². The Morgan fingerprint density at radius 2 is 1.49 bits per heavy atom. The monoisotopic (exact) mass is 534 g/mol. The molecule has 7 heteroatoms. The maximum Gasteiger partial charge on any atom is 0.222 e. The van der Waals surface area contributed by atoms with Crippen molar-refractivity contribution in [1.29, 1.82) is 0 Å². The van der Waals surface area contributed by atoms with Crippen molar-refractivity contribution in [2.45, 2.75) is 63.1 Å². The third-order valence-corrected chi connectivity index (χ3v) is 9.79. The number of aliphatic hydroxyl groups is 1. The summed E-state index contributed by atoms with van der Waals surface area (Å²) in [5, 5.41) is 9.85. The van der Waals surface area contributed by atoms with Gasteiger partial charge in [-0.3, -0.25) is 14.6 Å². The molecule has 6 nitrogen and oxygen atoms in total. The number of aliphatic hydroxyl groups excluding tert-OH is 1. The van der Waals surface area contributed by atoms with Gasteiger partial charge in [0.15, 0.2) is 0 Å². The average molecular weight is 535 g/mol. The second kappa shape index (κ2) is 11.9. The highest BCUT2D eigenvalue weighted by Gasteiger charge is 2.38. The lowest BCUT2D eigenvalue weighted by molar-refractivity contribution is -0.133. The highest BCUT2D eigenvalue weighted by molar-refractivity contribution is 5.76. The smallest absolute Gasteiger partial charge is 0.222 e. The van der Waals surface area contributed by atoms with Crippen LogP contribution in [-0.4, -0.2) is 96.3 Å². The van der Waals surface area contributed by atoms with E-state index in [1.54, 1.807) is 12.1 Å². The van der Waals surface area contributed by atoms with Crippen LogP contribution in [0.25, 0.3) is 0 Å². The first-order valence-electron chi connectivity index (χ1n) is 15.1. The van der Waals surface area contributed by atoms with Crippen LogP contribution in [0, 0.1) is 11.7 Å². The number of nitrogens with zero attached hydrogens (tertiary/aromatic N) is 4. The number of fused-ring (bicyclic) bond motifs is 1. The Balaban J connectivity index is 1.11. The number of likely N-dealkylation sites (tertiary alicyclic amines) is 2. The van der Waals surface area contributed by atoms with Crippen LogP contribution < -0.4 is 4.90 Å². The fourth-order valence-electron chi connectivity index (χ4n) is 7.52. The molecule has 1 aliphatic carbocycles. The zero-order chi connectivity index (χ0) is 26.8. The van der Waals surface area contributed by atoms with Gasteiger partial charge >= 0.3 is 0 Å². The first kappa shape index (κ1) is 26.7.